The molecule has 0 spiro atoms. The van der Waals surface area contributed by atoms with E-state index in [0.717, 1.165) is 0 Å². The third-order valence-electron chi connectivity index (χ3n) is 1.08. The van der Waals surface area contributed by atoms with E-state index >= 15 is 0 Å². The first-order valence-electron chi connectivity index (χ1n) is 3.66. The summed E-state index contributed by atoms with van der Waals surface area (Å²) >= 11 is 1.90. The number of anilines is 1. The van der Waals surface area contributed by atoms with Gasteiger partial charge in [-0.3, -0.25) is 5.41 Å². The molecule has 3 N–H and O–H groups in total. The number of nitrogens with zero attached hydrogens (tertiary/aromatic N) is 1. The summed E-state index contributed by atoms with van der Waals surface area (Å²) in [7, 11) is 0. The van der Waals surface area contributed by atoms with Crippen molar-refractivity contribution < 1.29 is 0 Å². The Bertz CT molecular complexity index is 260. The van der Waals surface area contributed by atoms with Gasteiger partial charge < -0.3 is 5.73 Å². The van der Waals surface area contributed by atoms with Crippen molar-refractivity contribution in [3.05, 3.63) is 23.9 Å². The number of nitrogens with two attached hydrogens (primary N) is 1. The molecule has 3 nitrogen and oxygen atoms in total. The first-order valence-corrected chi connectivity index (χ1v) is 4.74. The molecule has 1 heterocycles. The van der Waals surface area contributed by atoms with Crippen molar-refractivity contribution in [1.82, 2.24) is 4.98 Å². The summed E-state index contributed by atoms with van der Waals surface area (Å²) in [6.45, 7) is 4.00. The van der Waals surface area contributed by atoms with Crippen LogP contribution in [0.5, 0.6) is 0 Å². The van der Waals surface area contributed by atoms with Gasteiger partial charge in [0.1, 0.15) is 9.54 Å². The van der Waals surface area contributed by atoms with Crippen LogP contribution in [0, 0.1) is 5.41 Å². The smallest absolute Gasteiger partial charge is 0.133 e. The largest absolute Gasteiger partial charge is 0.383 e. The predicted octanol–water partition coefficient (Wildman–Crippen LogP) is 2.45. The van der Waals surface area contributed by atoms with Gasteiger partial charge in [-0.25, -0.2) is 4.98 Å². The minimum absolute atomic E-state index is 0.418. The quantitative estimate of drug-likeness (QED) is 0.611. The summed E-state index contributed by atoms with van der Waals surface area (Å²) in [5, 5.41) is 7.24. The van der Waals surface area contributed by atoms with Gasteiger partial charge in [0.25, 0.3) is 0 Å². The maximum Gasteiger partial charge on any atom is 0.133 e. The number of hydrogen-bond donors (Lipinski definition) is 2. The second-order valence-electron chi connectivity index (χ2n) is 1.75. The number of hydrogen-bond acceptors (Lipinski definition) is 3. The lowest BCUT2D eigenvalue weighted by Crippen LogP contribution is -1.98. The highest BCUT2D eigenvalue weighted by molar-refractivity contribution is 14.1. The standard InChI is InChI=1S/C6H6IN3.C2H6/c7-5(8)4-2-1-3-10-6(4)9;1-2/h1-3,8H,(H2,9,10);1-2H3. The van der Waals surface area contributed by atoms with Crippen LogP contribution >= 0.6 is 22.6 Å². The zero-order valence-corrected chi connectivity index (χ0v) is 9.29. The third-order valence-corrected chi connectivity index (χ3v) is 1.66. The summed E-state index contributed by atoms with van der Waals surface area (Å²) in [5.41, 5.74) is 6.16. The predicted molar refractivity (Wildman–Crippen MR) is 60.8 cm³/mol. The van der Waals surface area contributed by atoms with Crippen molar-refractivity contribution in [1.29, 1.82) is 5.41 Å². The fourth-order valence-electron chi connectivity index (χ4n) is 0.603. The molecule has 0 aliphatic rings. The highest BCUT2D eigenvalue weighted by Gasteiger charge is 2.00. The van der Waals surface area contributed by atoms with Crippen molar-refractivity contribution in [3.8, 4) is 0 Å². The van der Waals surface area contributed by atoms with Gasteiger partial charge >= 0.3 is 0 Å². The van der Waals surface area contributed by atoms with Gasteiger partial charge in [-0.1, -0.05) is 13.8 Å². The van der Waals surface area contributed by atoms with Crippen molar-refractivity contribution in [2.75, 3.05) is 5.73 Å². The third kappa shape index (κ3) is 3.17. The van der Waals surface area contributed by atoms with E-state index in [2.05, 4.69) is 4.98 Å². The molecule has 0 aliphatic carbocycles. The van der Waals surface area contributed by atoms with Crippen molar-refractivity contribution in [2.45, 2.75) is 13.8 Å². The molecule has 0 atom stereocenters. The number of rotatable bonds is 1. The van der Waals surface area contributed by atoms with Crippen molar-refractivity contribution in [2.24, 2.45) is 0 Å². The maximum atomic E-state index is 7.24. The average molecular weight is 277 g/mol. The minimum Gasteiger partial charge on any atom is -0.383 e. The Balaban J connectivity index is 0.000000561. The molecule has 1 aromatic rings. The van der Waals surface area contributed by atoms with E-state index in [0.29, 0.717) is 15.1 Å². The fourth-order valence-corrected chi connectivity index (χ4v) is 1.06. The molecule has 0 radical (unpaired) electrons. The van der Waals surface area contributed by atoms with Crippen LogP contribution in [0.3, 0.4) is 0 Å². The topological polar surface area (TPSA) is 62.8 Å². The molecule has 0 saturated carbocycles. The second kappa shape index (κ2) is 5.93. The van der Waals surface area contributed by atoms with Gasteiger partial charge in [0.05, 0.1) is 0 Å². The van der Waals surface area contributed by atoms with Gasteiger partial charge in [0.2, 0.25) is 0 Å². The second-order valence-corrected chi connectivity index (χ2v) is 2.83. The Hall–Kier alpha value is -0.650. The molecule has 0 bridgehead atoms. The van der Waals surface area contributed by atoms with E-state index in [1.807, 2.05) is 36.4 Å². The van der Waals surface area contributed by atoms with Crippen LogP contribution in [0.25, 0.3) is 0 Å². The van der Waals surface area contributed by atoms with Gasteiger partial charge in [-0.15, -0.1) is 0 Å². The fraction of sp³-hybridized carbons (Fsp3) is 0.250. The van der Waals surface area contributed by atoms with E-state index in [1.165, 1.54) is 0 Å². The SMILES string of the molecule is CC.N=C(I)c1cccnc1N. The molecule has 0 fully saturated rings. The minimum atomic E-state index is 0.418. The number of nitrogen functional groups attached to an aromatic ring is 1. The number of aromatic nitrogens is 1. The Labute approximate surface area is 86.0 Å². The highest BCUT2D eigenvalue weighted by Crippen LogP contribution is 2.10. The van der Waals surface area contributed by atoms with Gasteiger partial charge in [-0.05, 0) is 34.7 Å². The summed E-state index contributed by atoms with van der Waals surface area (Å²) in [6, 6.07) is 3.54. The van der Waals surface area contributed by atoms with Crippen molar-refractivity contribution in [3.63, 3.8) is 0 Å². The van der Waals surface area contributed by atoms with E-state index < -0.39 is 0 Å². The van der Waals surface area contributed by atoms with Crippen LogP contribution in [-0.2, 0) is 0 Å². The molecule has 12 heavy (non-hydrogen) atoms. The molecule has 1 rings (SSSR count). The molecular weight excluding hydrogens is 265 g/mol. The van der Waals surface area contributed by atoms with E-state index in [4.69, 9.17) is 11.1 Å². The number of pyridine rings is 1. The number of nitrogens with one attached hydrogen (secondary N) is 1. The van der Waals surface area contributed by atoms with Crippen LogP contribution in [0.2, 0.25) is 0 Å². The lowest BCUT2D eigenvalue weighted by Gasteiger charge is -1.97. The lowest BCUT2D eigenvalue weighted by atomic mass is 10.3. The molecule has 0 unspecified atom stereocenters. The molecule has 0 aromatic carbocycles. The van der Waals surface area contributed by atoms with Crippen LogP contribution < -0.4 is 5.73 Å². The number of halogens is 1. The van der Waals surface area contributed by atoms with E-state index in [1.54, 1.807) is 18.3 Å². The molecule has 0 aliphatic heterocycles. The summed E-state index contributed by atoms with van der Waals surface area (Å²) in [4.78, 5) is 3.83. The van der Waals surface area contributed by atoms with Crippen LogP contribution in [0.15, 0.2) is 18.3 Å². The summed E-state index contributed by atoms with van der Waals surface area (Å²) < 4.78 is 0.420. The summed E-state index contributed by atoms with van der Waals surface area (Å²) in [6.07, 6.45) is 1.61. The molecule has 1 aromatic heterocycles. The zero-order chi connectivity index (χ0) is 9.56. The van der Waals surface area contributed by atoms with Crippen LogP contribution in [-0.4, -0.2) is 8.70 Å². The molecule has 0 saturated heterocycles. The first-order chi connectivity index (χ1) is 5.72. The summed E-state index contributed by atoms with van der Waals surface area (Å²) in [5.74, 6) is 0.418. The van der Waals surface area contributed by atoms with E-state index in [-0.39, 0.29) is 0 Å². The van der Waals surface area contributed by atoms with Crippen molar-refractivity contribution >= 4 is 32.1 Å². The monoisotopic (exact) mass is 277 g/mol. The van der Waals surface area contributed by atoms with E-state index in [9.17, 15) is 0 Å². The maximum absolute atomic E-state index is 7.24. The van der Waals surface area contributed by atoms with Gasteiger partial charge in [-0.2, -0.15) is 0 Å². The molecular formula is C8H12IN3. The Morgan fingerprint density at radius 2 is 2.17 bits per heavy atom. The highest BCUT2D eigenvalue weighted by atomic mass is 127. The Morgan fingerprint density at radius 3 is 2.50 bits per heavy atom. The van der Waals surface area contributed by atoms with Crippen LogP contribution in [0.1, 0.15) is 19.4 Å². The van der Waals surface area contributed by atoms with Crippen LogP contribution in [0.4, 0.5) is 5.82 Å². The van der Waals surface area contributed by atoms with Gasteiger partial charge in [0.15, 0.2) is 0 Å². The molecule has 66 valence electrons. The Kier molecular flexibility index (Phi) is 5.61. The lowest BCUT2D eigenvalue weighted by molar-refractivity contribution is 1.32. The average Bonchev–Trinajstić information content (AvgIpc) is 2.08. The normalized spacial score (nSPS) is 8.25. The first kappa shape index (κ1) is 11.4. The molecule has 0 amide bonds. The Morgan fingerprint density at radius 1 is 1.58 bits per heavy atom. The zero-order valence-electron chi connectivity index (χ0n) is 7.13. The molecule has 4 heteroatoms. The van der Waals surface area contributed by atoms with Gasteiger partial charge in [0, 0.05) is 11.8 Å².